The quantitative estimate of drug-likeness (QED) is 0.846. The fourth-order valence-corrected chi connectivity index (χ4v) is 3.16. The van der Waals surface area contributed by atoms with E-state index in [-0.39, 0.29) is 0 Å². The molecule has 3 rings (SSSR count). The van der Waals surface area contributed by atoms with Crippen LogP contribution in [-0.4, -0.2) is 39.1 Å². The second-order valence-corrected chi connectivity index (χ2v) is 6.20. The first-order chi connectivity index (χ1) is 11.2. The molecule has 3 nitrogen and oxygen atoms in total. The van der Waals surface area contributed by atoms with Gasteiger partial charge in [-0.15, -0.1) is 0 Å². The largest absolute Gasteiger partial charge is 0.385 e. The molecule has 0 fully saturated rings. The molecule has 0 bridgehead atoms. The standard InChI is InChI=1S/C19H21ClN2O/c1-22-16(10-11-23-2)13-21-19(14-6-4-3-5-7-14)17-12-15(20)8-9-18(17)22/h3-9,12,16H,10-11,13H2,1-2H3. The molecule has 0 aromatic heterocycles. The molecular formula is C19H21ClN2O. The van der Waals surface area contributed by atoms with Gasteiger partial charge in [0, 0.05) is 42.6 Å². The number of ether oxygens (including phenoxy) is 1. The second-order valence-electron chi connectivity index (χ2n) is 5.76. The van der Waals surface area contributed by atoms with Crippen molar-refractivity contribution in [3.8, 4) is 0 Å². The Kier molecular flexibility index (Phi) is 4.99. The van der Waals surface area contributed by atoms with Crippen molar-refractivity contribution in [3.63, 3.8) is 0 Å². The predicted octanol–water partition coefficient (Wildman–Crippen LogP) is 4.03. The minimum atomic E-state index is 0.316. The van der Waals surface area contributed by atoms with Crippen LogP contribution < -0.4 is 4.90 Å². The molecule has 120 valence electrons. The second kappa shape index (κ2) is 7.16. The van der Waals surface area contributed by atoms with Crippen molar-refractivity contribution in [1.82, 2.24) is 0 Å². The van der Waals surface area contributed by atoms with Crippen LogP contribution in [0.2, 0.25) is 5.02 Å². The Morgan fingerprint density at radius 1 is 1.22 bits per heavy atom. The van der Waals surface area contributed by atoms with Crippen molar-refractivity contribution in [2.45, 2.75) is 12.5 Å². The predicted molar refractivity (Wildman–Crippen MR) is 97.1 cm³/mol. The summed E-state index contributed by atoms with van der Waals surface area (Å²) in [6, 6.07) is 16.6. The van der Waals surface area contributed by atoms with E-state index in [0.29, 0.717) is 6.04 Å². The molecule has 23 heavy (non-hydrogen) atoms. The van der Waals surface area contributed by atoms with Crippen LogP contribution in [0, 0.1) is 0 Å². The molecule has 0 spiro atoms. The Labute approximate surface area is 142 Å². The molecule has 1 aliphatic rings. The number of anilines is 1. The highest BCUT2D eigenvalue weighted by Gasteiger charge is 2.24. The van der Waals surface area contributed by atoms with Crippen LogP contribution in [0.4, 0.5) is 5.69 Å². The van der Waals surface area contributed by atoms with E-state index < -0.39 is 0 Å². The number of likely N-dealkylation sites (N-methyl/N-ethyl adjacent to an activating group) is 1. The van der Waals surface area contributed by atoms with Crippen molar-refractivity contribution in [2.24, 2.45) is 4.99 Å². The van der Waals surface area contributed by atoms with Crippen LogP contribution in [0.1, 0.15) is 17.5 Å². The Hall–Kier alpha value is -1.84. The summed E-state index contributed by atoms with van der Waals surface area (Å²) in [4.78, 5) is 7.22. The van der Waals surface area contributed by atoms with Crippen LogP contribution in [0.5, 0.6) is 0 Å². The highest BCUT2D eigenvalue weighted by atomic mass is 35.5. The van der Waals surface area contributed by atoms with E-state index in [1.165, 1.54) is 0 Å². The minimum Gasteiger partial charge on any atom is -0.385 e. The molecule has 4 heteroatoms. The number of aliphatic imine (C=N–C) groups is 1. The van der Waals surface area contributed by atoms with Crippen LogP contribution in [0.15, 0.2) is 53.5 Å². The number of methoxy groups -OCH3 is 1. The number of fused-ring (bicyclic) bond motifs is 1. The average Bonchev–Trinajstić information content (AvgIpc) is 2.71. The maximum Gasteiger partial charge on any atom is 0.0741 e. The van der Waals surface area contributed by atoms with E-state index >= 15 is 0 Å². The van der Waals surface area contributed by atoms with E-state index in [9.17, 15) is 0 Å². The van der Waals surface area contributed by atoms with E-state index in [1.54, 1.807) is 7.11 Å². The molecule has 1 aliphatic heterocycles. The van der Waals surface area contributed by atoms with Gasteiger partial charge in [-0.1, -0.05) is 41.9 Å². The van der Waals surface area contributed by atoms with Crippen molar-refractivity contribution < 1.29 is 4.74 Å². The van der Waals surface area contributed by atoms with Crippen LogP contribution in [0.3, 0.4) is 0 Å². The molecule has 0 radical (unpaired) electrons. The molecule has 2 aromatic rings. The highest BCUT2D eigenvalue weighted by Crippen LogP contribution is 2.30. The molecule has 0 saturated carbocycles. The summed E-state index contributed by atoms with van der Waals surface area (Å²) in [5, 5.41) is 0.733. The molecule has 0 saturated heterocycles. The smallest absolute Gasteiger partial charge is 0.0741 e. The summed E-state index contributed by atoms with van der Waals surface area (Å²) in [6.45, 7) is 1.48. The number of halogens is 1. The topological polar surface area (TPSA) is 24.8 Å². The Morgan fingerprint density at radius 3 is 2.74 bits per heavy atom. The Morgan fingerprint density at radius 2 is 2.00 bits per heavy atom. The Bertz CT molecular complexity index is 700. The maximum absolute atomic E-state index is 6.26. The average molecular weight is 329 g/mol. The lowest BCUT2D eigenvalue weighted by Gasteiger charge is -2.28. The summed E-state index contributed by atoms with van der Waals surface area (Å²) < 4.78 is 5.26. The van der Waals surface area contributed by atoms with Gasteiger partial charge >= 0.3 is 0 Å². The van der Waals surface area contributed by atoms with Crippen molar-refractivity contribution in [1.29, 1.82) is 0 Å². The lowest BCUT2D eigenvalue weighted by atomic mass is 10.00. The fourth-order valence-electron chi connectivity index (χ4n) is 2.99. The molecule has 1 heterocycles. The first kappa shape index (κ1) is 16.0. The monoisotopic (exact) mass is 328 g/mol. The van der Waals surface area contributed by atoms with Gasteiger partial charge in [-0.2, -0.15) is 0 Å². The fraction of sp³-hybridized carbons (Fsp3) is 0.316. The van der Waals surface area contributed by atoms with Crippen molar-refractivity contribution >= 4 is 23.0 Å². The SMILES string of the molecule is COCCC1CN=C(c2ccccc2)c2cc(Cl)ccc2N1C. The van der Waals surface area contributed by atoms with Gasteiger partial charge in [0.05, 0.1) is 18.3 Å². The highest BCUT2D eigenvalue weighted by molar-refractivity contribution is 6.31. The Balaban J connectivity index is 2.08. The van der Waals surface area contributed by atoms with Crippen molar-refractivity contribution in [3.05, 3.63) is 64.7 Å². The van der Waals surface area contributed by atoms with Crippen LogP contribution in [-0.2, 0) is 4.74 Å². The summed E-state index contributed by atoms with van der Waals surface area (Å²) in [5.41, 5.74) is 4.38. The lowest BCUT2D eigenvalue weighted by molar-refractivity contribution is 0.188. The van der Waals surface area contributed by atoms with Gasteiger partial charge in [0.2, 0.25) is 0 Å². The van der Waals surface area contributed by atoms with Crippen LogP contribution in [0.25, 0.3) is 0 Å². The molecule has 0 amide bonds. The third-order valence-corrected chi connectivity index (χ3v) is 4.54. The molecule has 1 atom stereocenters. The van der Waals surface area contributed by atoms with Gasteiger partial charge in [-0.25, -0.2) is 0 Å². The van der Waals surface area contributed by atoms with Crippen molar-refractivity contribution in [2.75, 3.05) is 32.2 Å². The summed E-state index contributed by atoms with van der Waals surface area (Å²) in [5.74, 6) is 0. The third kappa shape index (κ3) is 3.41. The van der Waals surface area contributed by atoms with Gasteiger partial charge < -0.3 is 9.64 Å². The zero-order valence-corrected chi connectivity index (χ0v) is 14.3. The number of rotatable bonds is 4. The van der Waals surface area contributed by atoms with Gasteiger partial charge in [0.25, 0.3) is 0 Å². The van der Waals surface area contributed by atoms with Crippen LogP contribution >= 0.6 is 11.6 Å². The van der Waals surface area contributed by atoms with E-state index in [0.717, 1.165) is 47.1 Å². The normalized spacial score (nSPS) is 17.4. The zero-order chi connectivity index (χ0) is 16.2. The zero-order valence-electron chi connectivity index (χ0n) is 13.5. The number of benzene rings is 2. The number of hydrogen-bond acceptors (Lipinski definition) is 3. The first-order valence-electron chi connectivity index (χ1n) is 7.82. The van der Waals surface area contributed by atoms with Gasteiger partial charge in [-0.05, 0) is 24.6 Å². The van der Waals surface area contributed by atoms with Gasteiger partial charge in [0.15, 0.2) is 0 Å². The van der Waals surface area contributed by atoms with E-state index in [1.807, 2.05) is 30.3 Å². The number of nitrogens with zero attached hydrogens (tertiary/aromatic N) is 2. The molecular weight excluding hydrogens is 308 g/mol. The molecule has 2 aromatic carbocycles. The van der Waals surface area contributed by atoms with Gasteiger partial charge in [-0.3, -0.25) is 4.99 Å². The summed E-state index contributed by atoms with van der Waals surface area (Å²) in [7, 11) is 3.86. The van der Waals surface area contributed by atoms with E-state index in [4.69, 9.17) is 21.3 Å². The molecule has 1 unspecified atom stereocenters. The molecule has 0 aliphatic carbocycles. The van der Waals surface area contributed by atoms with Gasteiger partial charge in [0.1, 0.15) is 0 Å². The third-order valence-electron chi connectivity index (χ3n) is 4.30. The summed E-state index contributed by atoms with van der Waals surface area (Å²) in [6.07, 6.45) is 0.945. The molecule has 0 N–H and O–H groups in total. The van der Waals surface area contributed by atoms with E-state index in [2.05, 4.69) is 30.1 Å². The first-order valence-corrected chi connectivity index (χ1v) is 8.20. The number of benzodiazepines with no additional fused rings is 1. The summed E-state index contributed by atoms with van der Waals surface area (Å²) >= 11 is 6.26. The number of hydrogen-bond donors (Lipinski definition) is 0. The minimum absolute atomic E-state index is 0.316. The maximum atomic E-state index is 6.26. The lowest BCUT2D eigenvalue weighted by Crippen LogP contribution is -2.34.